The molecule has 1 saturated carbocycles. The molecule has 30 heavy (non-hydrogen) atoms. The van der Waals surface area contributed by atoms with Gasteiger partial charge < -0.3 is 14.6 Å². The van der Waals surface area contributed by atoms with Gasteiger partial charge in [0.25, 0.3) is 0 Å². The number of benzene rings is 2. The molecule has 0 atom stereocenters. The fourth-order valence-corrected chi connectivity index (χ4v) is 4.33. The van der Waals surface area contributed by atoms with E-state index >= 15 is 0 Å². The third-order valence-electron chi connectivity index (χ3n) is 5.91. The molecule has 156 valence electrons. The standard InChI is InChI=1S/C23H25N3O4/c1-29-21-10-4-16(12-22(21)30-2)14-25-20-11-15(13-24)3-9-19(20)26(23(25)28)17-5-7-18(27)8-6-17/h3-4,9-12,17-18,27H,5-8,14H2,1-2H3. The Morgan fingerprint density at radius 2 is 1.77 bits per heavy atom. The summed E-state index contributed by atoms with van der Waals surface area (Å²) in [7, 11) is 3.16. The number of fused-ring (bicyclic) bond motifs is 1. The van der Waals surface area contributed by atoms with Crippen molar-refractivity contribution in [3.8, 4) is 17.6 Å². The maximum Gasteiger partial charge on any atom is 0.329 e. The molecule has 1 aliphatic rings. The van der Waals surface area contributed by atoms with Crippen molar-refractivity contribution in [2.24, 2.45) is 0 Å². The van der Waals surface area contributed by atoms with Crippen molar-refractivity contribution < 1.29 is 14.6 Å². The number of aromatic nitrogens is 2. The fraction of sp³-hybridized carbons (Fsp3) is 0.391. The number of imidazole rings is 1. The maximum atomic E-state index is 13.5. The van der Waals surface area contributed by atoms with Crippen LogP contribution in [0.25, 0.3) is 11.0 Å². The number of methoxy groups -OCH3 is 2. The zero-order valence-corrected chi connectivity index (χ0v) is 17.2. The lowest BCUT2D eigenvalue weighted by Crippen LogP contribution is -2.31. The van der Waals surface area contributed by atoms with Crippen LogP contribution in [0, 0.1) is 11.3 Å². The Morgan fingerprint density at radius 3 is 2.43 bits per heavy atom. The molecule has 1 heterocycles. The van der Waals surface area contributed by atoms with Crippen molar-refractivity contribution in [2.45, 2.75) is 44.4 Å². The highest BCUT2D eigenvalue weighted by Gasteiger charge is 2.25. The van der Waals surface area contributed by atoms with Gasteiger partial charge in [0.05, 0.1) is 49.5 Å². The van der Waals surface area contributed by atoms with Crippen LogP contribution in [-0.2, 0) is 6.54 Å². The Balaban J connectivity index is 1.82. The Bertz CT molecular complexity index is 1160. The number of nitrogens with zero attached hydrogens (tertiary/aromatic N) is 3. The molecule has 1 aliphatic carbocycles. The first-order valence-electron chi connectivity index (χ1n) is 10.1. The first kappa shape index (κ1) is 20.0. The van der Waals surface area contributed by atoms with Gasteiger partial charge >= 0.3 is 5.69 Å². The molecule has 0 spiro atoms. The van der Waals surface area contributed by atoms with Gasteiger partial charge in [-0.25, -0.2) is 4.79 Å². The summed E-state index contributed by atoms with van der Waals surface area (Å²) in [5.74, 6) is 1.23. The molecule has 3 aromatic rings. The molecule has 1 fully saturated rings. The molecule has 1 aromatic heterocycles. The third kappa shape index (κ3) is 3.55. The largest absolute Gasteiger partial charge is 0.493 e. The van der Waals surface area contributed by atoms with E-state index in [9.17, 15) is 15.2 Å². The summed E-state index contributed by atoms with van der Waals surface area (Å²) in [6.07, 6.45) is 2.61. The zero-order valence-electron chi connectivity index (χ0n) is 17.2. The van der Waals surface area contributed by atoms with E-state index in [4.69, 9.17) is 9.47 Å². The molecule has 0 saturated heterocycles. The molecule has 2 aromatic carbocycles. The summed E-state index contributed by atoms with van der Waals surface area (Å²) in [6, 6.07) is 13.2. The summed E-state index contributed by atoms with van der Waals surface area (Å²) < 4.78 is 14.2. The fourth-order valence-electron chi connectivity index (χ4n) is 4.33. The summed E-state index contributed by atoms with van der Waals surface area (Å²) in [5, 5.41) is 19.2. The van der Waals surface area contributed by atoms with Crippen LogP contribution in [0.3, 0.4) is 0 Å². The van der Waals surface area contributed by atoms with Gasteiger partial charge in [-0.3, -0.25) is 9.13 Å². The Labute approximate surface area is 174 Å². The van der Waals surface area contributed by atoms with E-state index in [2.05, 4.69) is 6.07 Å². The minimum absolute atomic E-state index is 0.0444. The van der Waals surface area contributed by atoms with Crippen molar-refractivity contribution in [1.29, 1.82) is 5.26 Å². The average Bonchev–Trinajstić information content (AvgIpc) is 3.04. The lowest BCUT2D eigenvalue weighted by atomic mass is 9.93. The number of nitriles is 1. The van der Waals surface area contributed by atoms with Gasteiger partial charge in [-0.05, 0) is 61.6 Å². The molecule has 0 bridgehead atoms. The monoisotopic (exact) mass is 407 g/mol. The lowest BCUT2D eigenvalue weighted by molar-refractivity contribution is 0.110. The van der Waals surface area contributed by atoms with Crippen LogP contribution in [0.2, 0.25) is 0 Å². The van der Waals surface area contributed by atoms with Gasteiger partial charge in [0, 0.05) is 6.04 Å². The van der Waals surface area contributed by atoms with Crippen molar-refractivity contribution >= 4 is 11.0 Å². The molecule has 4 rings (SSSR count). The zero-order chi connectivity index (χ0) is 21.3. The van der Waals surface area contributed by atoms with Crippen molar-refractivity contribution in [1.82, 2.24) is 9.13 Å². The van der Waals surface area contributed by atoms with Gasteiger partial charge in [-0.2, -0.15) is 5.26 Å². The highest BCUT2D eigenvalue weighted by Crippen LogP contribution is 2.32. The number of aliphatic hydroxyl groups excluding tert-OH is 1. The van der Waals surface area contributed by atoms with E-state index < -0.39 is 0 Å². The summed E-state index contributed by atoms with van der Waals surface area (Å²) in [4.78, 5) is 13.5. The third-order valence-corrected chi connectivity index (χ3v) is 5.91. The molecule has 0 radical (unpaired) electrons. The van der Waals surface area contributed by atoms with Crippen LogP contribution in [0.4, 0.5) is 0 Å². The number of rotatable bonds is 5. The van der Waals surface area contributed by atoms with Gasteiger partial charge in [-0.15, -0.1) is 0 Å². The topological polar surface area (TPSA) is 89.4 Å². The quantitative estimate of drug-likeness (QED) is 0.701. The molecule has 0 aliphatic heterocycles. The molecule has 0 amide bonds. The van der Waals surface area contributed by atoms with Gasteiger partial charge in [0.1, 0.15) is 0 Å². The number of ether oxygens (including phenoxy) is 2. The van der Waals surface area contributed by atoms with Gasteiger partial charge in [0.15, 0.2) is 11.5 Å². The second kappa shape index (κ2) is 8.25. The van der Waals surface area contributed by atoms with E-state index in [1.807, 2.05) is 28.8 Å². The van der Waals surface area contributed by atoms with Crippen molar-refractivity contribution in [3.05, 3.63) is 58.0 Å². The highest BCUT2D eigenvalue weighted by atomic mass is 16.5. The smallest absolute Gasteiger partial charge is 0.329 e. The lowest BCUT2D eigenvalue weighted by Gasteiger charge is -2.26. The van der Waals surface area contributed by atoms with E-state index in [0.29, 0.717) is 36.4 Å². The second-order valence-corrected chi connectivity index (χ2v) is 7.71. The predicted octanol–water partition coefficient (Wildman–Crippen LogP) is 3.22. The summed E-state index contributed by atoms with van der Waals surface area (Å²) >= 11 is 0. The maximum absolute atomic E-state index is 13.5. The molecule has 1 N–H and O–H groups in total. The second-order valence-electron chi connectivity index (χ2n) is 7.71. The minimum atomic E-state index is -0.290. The first-order valence-corrected chi connectivity index (χ1v) is 10.1. The van der Waals surface area contributed by atoms with Crippen LogP contribution >= 0.6 is 0 Å². The van der Waals surface area contributed by atoms with Crippen molar-refractivity contribution in [2.75, 3.05) is 14.2 Å². The average molecular weight is 407 g/mol. The normalized spacial score (nSPS) is 18.9. The van der Waals surface area contributed by atoms with Crippen LogP contribution in [0.5, 0.6) is 11.5 Å². The van der Waals surface area contributed by atoms with E-state index in [-0.39, 0.29) is 17.8 Å². The van der Waals surface area contributed by atoms with Gasteiger partial charge in [0.2, 0.25) is 0 Å². The van der Waals surface area contributed by atoms with Gasteiger partial charge in [-0.1, -0.05) is 6.07 Å². The highest BCUT2D eigenvalue weighted by molar-refractivity contribution is 5.78. The van der Waals surface area contributed by atoms with Crippen molar-refractivity contribution in [3.63, 3.8) is 0 Å². The SMILES string of the molecule is COc1ccc(Cn2c(=O)n(C3CCC(O)CC3)c3ccc(C#N)cc32)cc1OC. The van der Waals surface area contributed by atoms with Crippen LogP contribution in [0.1, 0.15) is 42.9 Å². The molecular weight excluding hydrogens is 382 g/mol. The first-order chi connectivity index (χ1) is 14.5. The summed E-state index contributed by atoms with van der Waals surface area (Å²) in [6.45, 7) is 0.354. The Kier molecular flexibility index (Phi) is 5.51. The summed E-state index contributed by atoms with van der Waals surface area (Å²) in [5.41, 5.74) is 2.87. The Morgan fingerprint density at radius 1 is 1.03 bits per heavy atom. The van der Waals surface area contributed by atoms with Crippen LogP contribution in [-0.4, -0.2) is 34.6 Å². The number of hydrogen-bond acceptors (Lipinski definition) is 5. The van der Waals surface area contributed by atoms with Crippen LogP contribution in [0.15, 0.2) is 41.2 Å². The molecule has 0 unspecified atom stereocenters. The molecule has 7 nitrogen and oxygen atoms in total. The molecular formula is C23H25N3O4. The molecule has 7 heteroatoms. The van der Waals surface area contributed by atoms with Crippen LogP contribution < -0.4 is 15.2 Å². The van der Waals surface area contributed by atoms with E-state index in [1.165, 1.54) is 0 Å². The minimum Gasteiger partial charge on any atom is -0.493 e. The van der Waals surface area contributed by atoms with E-state index in [0.717, 1.165) is 29.4 Å². The predicted molar refractivity (Wildman–Crippen MR) is 113 cm³/mol. The van der Waals surface area contributed by atoms with E-state index in [1.54, 1.807) is 30.9 Å². The Hall–Kier alpha value is -3.24. The number of aliphatic hydroxyl groups is 1. The number of hydrogen-bond donors (Lipinski definition) is 1.